The first kappa shape index (κ1) is 15.8. The first-order chi connectivity index (χ1) is 10.2. The van der Waals surface area contributed by atoms with Gasteiger partial charge in [-0.1, -0.05) is 42.8 Å². The monoisotopic (exact) mass is 307 g/mol. The third-order valence-corrected chi connectivity index (χ3v) is 3.70. The van der Waals surface area contributed by atoms with Crippen molar-refractivity contribution in [2.75, 3.05) is 13.7 Å². The number of hydrogen-bond donors (Lipinski definition) is 1. The van der Waals surface area contributed by atoms with Gasteiger partial charge in [-0.05, 0) is 36.7 Å². The van der Waals surface area contributed by atoms with Gasteiger partial charge in [-0.15, -0.1) is 0 Å². The Labute approximate surface area is 129 Å². The van der Waals surface area contributed by atoms with Gasteiger partial charge in [-0.25, -0.2) is 4.39 Å². The lowest BCUT2D eigenvalue weighted by Crippen LogP contribution is -2.24. The molecule has 2 aromatic rings. The summed E-state index contributed by atoms with van der Waals surface area (Å²) in [5.74, 6) is 0.464. The Kier molecular flexibility index (Phi) is 5.59. The van der Waals surface area contributed by atoms with E-state index in [0.29, 0.717) is 12.0 Å². The molecule has 4 heteroatoms. The first-order valence-corrected chi connectivity index (χ1v) is 7.33. The van der Waals surface area contributed by atoms with E-state index in [9.17, 15) is 4.39 Å². The second kappa shape index (κ2) is 7.43. The van der Waals surface area contributed by atoms with E-state index in [2.05, 4.69) is 5.32 Å². The van der Waals surface area contributed by atoms with Crippen LogP contribution in [0, 0.1) is 5.82 Å². The summed E-state index contributed by atoms with van der Waals surface area (Å²) in [6, 6.07) is 12.8. The van der Waals surface area contributed by atoms with Gasteiger partial charge in [-0.3, -0.25) is 0 Å². The highest BCUT2D eigenvalue weighted by atomic mass is 35.5. The zero-order chi connectivity index (χ0) is 15.2. The molecule has 1 N–H and O–H groups in total. The van der Waals surface area contributed by atoms with Gasteiger partial charge in [0.05, 0.1) is 12.1 Å². The van der Waals surface area contributed by atoms with E-state index in [0.717, 1.165) is 17.9 Å². The summed E-state index contributed by atoms with van der Waals surface area (Å²) in [6.45, 7) is 2.76. The molecule has 0 aromatic heterocycles. The molecule has 2 rings (SSSR count). The van der Waals surface area contributed by atoms with Crippen LogP contribution in [0.25, 0.3) is 0 Å². The number of likely N-dealkylation sites (N-methyl/N-ethyl adjacent to an activating group) is 1. The van der Waals surface area contributed by atoms with E-state index in [1.165, 1.54) is 0 Å². The SMILES string of the molecule is CCNC(Cc1ccc(OC)cc1)c1cccc(Cl)c1F. The summed E-state index contributed by atoms with van der Waals surface area (Å²) in [5.41, 5.74) is 1.71. The topological polar surface area (TPSA) is 21.3 Å². The maximum atomic E-state index is 14.2. The molecule has 2 aromatic carbocycles. The highest BCUT2D eigenvalue weighted by Gasteiger charge is 2.17. The summed E-state index contributed by atoms with van der Waals surface area (Å²) >= 11 is 5.88. The smallest absolute Gasteiger partial charge is 0.146 e. The van der Waals surface area contributed by atoms with E-state index in [1.54, 1.807) is 25.3 Å². The third-order valence-electron chi connectivity index (χ3n) is 3.41. The molecule has 0 aliphatic rings. The lowest BCUT2D eigenvalue weighted by molar-refractivity contribution is 0.414. The number of methoxy groups -OCH3 is 1. The summed E-state index contributed by atoms with van der Waals surface area (Å²) in [7, 11) is 1.64. The predicted octanol–water partition coefficient (Wildman–Crippen LogP) is 4.38. The second-order valence-electron chi connectivity index (χ2n) is 4.81. The summed E-state index contributed by atoms with van der Waals surface area (Å²) in [4.78, 5) is 0. The van der Waals surface area contributed by atoms with Gasteiger partial charge >= 0.3 is 0 Å². The second-order valence-corrected chi connectivity index (χ2v) is 5.21. The molecular weight excluding hydrogens is 289 g/mol. The molecule has 21 heavy (non-hydrogen) atoms. The van der Waals surface area contributed by atoms with E-state index in [-0.39, 0.29) is 16.9 Å². The molecule has 0 saturated carbocycles. The minimum Gasteiger partial charge on any atom is -0.497 e. The van der Waals surface area contributed by atoms with Gasteiger partial charge in [0, 0.05) is 11.6 Å². The predicted molar refractivity (Wildman–Crippen MR) is 84.5 cm³/mol. The number of halogens is 2. The van der Waals surface area contributed by atoms with E-state index in [4.69, 9.17) is 16.3 Å². The van der Waals surface area contributed by atoms with Crippen LogP contribution in [0.3, 0.4) is 0 Å². The minimum absolute atomic E-state index is 0.109. The molecule has 0 fully saturated rings. The molecule has 0 heterocycles. The molecule has 0 bridgehead atoms. The van der Waals surface area contributed by atoms with Crippen LogP contribution < -0.4 is 10.1 Å². The Morgan fingerprint density at radius 2 is 1.90 bits per heavy atom. The van der Waals surface area contributed by atoms with E-state index >= 15 is 0 Å². The fourth-order valence-corrected chi connectivity index (χ4v) is 2.51. The summed E-state index contributed by atoms with van der Waals surface area (Å²) in [5, 5.41) is 3.47. The normalized spacial score (nSPS) is 12.2. The number of ether oxygens (including phenoxy) is 1. The van der Waals surface area contributed by atoms with Crippen LogP contribution in [0.15, 0.2) is 42.5 Å². The molecular formula is C17H19ClFNO. The molecule has 0 aliphatic heterocycles. The molecule has 0 spiro atoms. The lowest BCUT2D eigenvalue weighted by atomic mass is 9.98. The lowest BCUT2D eigenvalue weighted by Gasteiger charge is -2.19. The first-order valence-electron chi connectivity index (χ1n) is 6.96. The Morgan fingerprint density at radius 1 is 1.19 bits per heavy atom. The molecule has 0 aliphatic carbocycles. The van der Waals surface area contributed by atoms with Crippen molar-refractivity contribution >= 4 is 11.6 Å². The third kappa shape index (κ3) is 3.96. The van der Waals surface area contributed by atoms with Crippen LogP contribution in [0.2, 0.25) is 5.02 Å². The van der Waals surface area contributed by atoms with Gasteiger partial charge in [0.25, 0.3) is 0 Å². The van der Waals surface area contributed by atoms with Crippen LogP contribution in [-0.2, 0) is 6.42 Å². The van der Waals surface area contributed by atoms with Crippen LogP contribution >= 0.6 is 11.6 Å². The van der Waals surface area contributed by atoms with Crippen molar-refractivity contribution in [3.05, 3.63) is 64.4 Å². The fourth-order valence-electron chi connectivity index (χ4n) is 2.33. The van der Waals surface area contributed by atoms with Crippen LogP contribution in [0.1, 0.15) is 24.1 Å². The maximum absolute atomic E-state index is 14.2. The number of nitrogens with one attached hydrogen (secondary N) is 1. The molecule has 1 unspecified atom stereocenters. The van der Waals surface area contributed by atoms with Gasteiger partial charge in [0.2, 0.25) is 0 Å². The zero-order valence-corrected chi connectivity index (χ0v) is 13.0. The van der Waals surface area contributed by atoms with Crippen molar-refractivity contribution in [3.63, 3.8) is 0 Å². The van der Waals surface area contributed by atoms with Crippen molar-refractivity contribution in [1.29, 1.82) is 0 Å². The molecule has 0 radical (unpaired) electrons. The zero-order valence-electron chi connectivity index (χ0n) is 12.2. The van der Waals surface area contributed by atoms with Crippen molar-refractivity contribution in [1.82, 2.24) is 5.32 Å². The molecule has 112 valence electrons. The Hall–Kier alpha value is -1.58. The van der Waals surface area contributed by atoms with Gasteiger partial charge in [-0.2, -0.15) is 0 Å². The standard InChI is InChI=1S/C17H19ClFNO/c1-3-20-16(14-5-4-6-15(18)17(14)19)11-12-7-9-13(21-2)10-8-12/h4-10,16,20H,3,11H2,1-2H3. The molecule has 0 saturated heterocycles. The van der Waals surface area contributed by atoms with Crippen molar-refractivity contribution in [3.8, 4) is 5.75 Å². The summed E-state index contributed by atoms with van der Waals surface area (Å²) < 4.78 is 19.4. The van der Waals surface area contributed by atoms with Crippen LogP contribution in [-0.4, -0.2) is 13.7 Å². The average molecular weight is 308 g/mol. The van der Waals surface area contributed by atoms with E-state index in [1.807, 2.05) is 31.2 Å². The Balaban J connectivity index is 2.24. The van der Waals surface area contributed by atoms with E-state index < -0.39 is 0 Å². The van der Waals surface area contributed by atoms with Crippen molar-refractivity contribution < 1.29 is 9.13 Å². The largest absolute Gasteiger partial charge is 0.497 e. The number of rotatable bonds is 6. The minimum atomic E-state index is -0.348. The van der Waals surface area contributed by atoms with Gasteiger partial charge in [0.1, 0.15) is 11.6 Å². The molecule has 1 atom stereocenters. The van der Waals surface area contributed by atoms with Crippen LogP contribution in [0.5, 0.6) is 5.75 Å². The maximum Gasteiger partial charge on any atom is 0.146 e. The Bertz CT molecular complexity index is 586. The average Bonchev–Trinajstić information content (AvgIpc) is 2.50. The Morgan fingerprint density at radius 3 is 2.52 bits per heavy atom. The molecule has 2 nitrogen and oxygen atoms in total. The summed E-state index contributed by atoms with van der Waals surface area (Å²) in [6.07, 6.45) is 0.690. The van der Waals surface area contributed by atoms with Gasteiger partial charge < -0.3 is 10.1 Å². The highest BCUT2D eigenvalue weighted by molar-refractivity contribution is 6.30. The van der Waals surface area contributed by atoms with Crippen molar-refractivity contribution in [2.24, 2.45) is 0 Å². The van der Waals surface area contributed by atoms with Crippen molar-refractivity contribution in [2.45, 2.75) is 19.4 Å². The van der Waals surface area contributed by atoms with Crippen LogP contribution in [0.4, 0.5) is 4.39 Å². The number of benzene rings is 2. The quantitative estimate of drug-likeness (QED) is 0.855. The molecule has 0 amide bonds. The number of hydrogen-bond acceptors (Lipinski definition) is 2. The highest BCUT2D eigenvalue weighted by Crippen LogP contribution is 2.26. The van der Waals surface area contributed by atoms with Gasteiger partial charge in [0.15, 0.2) is 0 Å². The fraction of sp³-hybridized carbons (Fsp3) is 0.294.